The highest BCUT2D eigenvalue weighted by molar-refractivity contribution is 6.00. The Morgan fingerprint density at radius 2 is 2.11 bits per heavy atom. The summed E-state index contributed by atoms with van der Waals surface area (Å²) in [5.41, 5.74) is 6.45. The quantitative estimate of drug-likeness (QED) is 0.743. The number of nitrogens with zero attached hydrogens (tertiary/aromatic N) is 1. The first kappa shape index (κ1) is 13.8. The van der Waals surface area contributed by atoms with Crippen LogP contribution in [0.5, 0.6) is 5.75 Å². The van der Waals surface area contributed by atoms with E-state index >= 15 is 0 Å². The van der Waals surface area contributed by atoms with Gasteiger partial charge in [-0.2, -0.15) is 0 Å². The highest BCUT2D eigenvalue weighted by Gasteiger charge is 2.19. The minimum atomic E-state index is -0.317. The van der Waals surface area contributed by atoms with Crippen LogP contribution in [0.3, 0.4) is 0 Å². The molecule has 0 saturated carbocycles. The number of anilines is 1. The van der Waals surface area contributed by atoms with Crippen molar-refractivity contribution in [2.24, 2.45) is 0 Å². The lowest BCUT2D eigenvalue weighted by atomic mass is 10.1. The highest BCUT2D eigenvalue weighted by Crippen LogP contribution is 2.26. The minimum Gasteiger partial charge on any atom is -0.494 e. The maximum atomic E-state index is 12.1. The van der Waals surface area contributed by atoms with Gasteiger partial charge in [-0.15, -0.1) is 0 Å². The van der Waals surface area contributed by atoms with Gasteiger partial charge in [0, 0.05) is 14.1 Å². The van der Waals surface area contributed by atoms with E-state index in [0.717, 1.165) is 0 Å². The van der Waals surface area contributed by atoms with Crippen molar-refractivity contribution in [3.63, 3.8) is 0 Å². The average molecular weight is 251 g/mol. The molecule has 0 unspecified atom stereocenters. The van der Waals surface area contributed by atoms with E-state index in [1.807, 2.05) is 0 Å². The van der Waals surface area contributed by atoms with Crippen molar-refractivity contribution >= 4 is 17.5 Å². The Bertz CT molecular complexity index is 460. The van der Waals surface area contributed by atoms with Gasteiger partial charge in [0.05, 0.1) is 24.9 Å². The smallest absolute Gasteiger partial charge is 0.257 e. The Hall–Kier alpha value is -2.24. The van der Waals surface area contributed by atoms with Crippen LogP contribution in [0, 0.1) is 0 Å². The summed E-state index contributed by atoms with van der Waals surface area (Å²) in [4.78, 5) is 24.7. The number of likely N-dealkylation sites (N-methyl/N-ethyl adjacent to an activating group) is 2. The average Bonchev–Trinajstić information content (AvgIpc) is 2.37. The van der Waals surface area contributed by atoms with Crippen molar-refractivity contribution in [2.75, 3.05) is 33.5 Å². The lowest BCUT2D eigenvalue weighted by Crippen LogP contribution is -2.37. The Labute approximate surface area is 106 Å². The summed E-state index contributed by atoms with van der Waals surface area (Å²) < 4.78 is 5.11. The van der Waals surface area contributed by atoms with Crippen LogP contribution in [0.25, 0.3) is 0 Å². The summed E-state index contributed by atoms with van der Waals surface area (Å²) in [7, 11) is 4.50. The molecule has 0 aromatic heterocycles. The number of hydrogen-bond acceptors (Lipinski definition) is 4. The van der Waals surface area contributed by atoms with E-state index in [1.54, 1.807) is 25.2 Å². The lowest BCUT2D eigenvalue weighted by Gasteiger charge is -2.18. The molecule has 0 aliphatic rings. The molecule has 1 aromatic rings. The maximum absolute atomic E-state index is 12.1. The summed E-state index contributed by atoms with van der Waals surface area (Å²) in [5, 5.41) is 2.45. The number of methoxy groups -OCH3 is 1. The molecule has 0 saturated heterocycles. The van der Waals surface area contributed by atoms with Crippen molar-refractivity contribution in [3.05, 3.63) is 23.8 Å². The standard InChI is InChI=1S/C12H17N3O3/c1-14-10(16)7-15(2)12(17)8-5-4-6-9(13)11(8)18-3/h4-6H,7,13H2,1-3H3,(H,14,16). The number of nitrogen functional groups attached to an aromatic ring is 1. The van der Waals surface area contributed by atoms with Gasteiger partial charge in [0.15, 0.2) is 5.75 Å². The van der Waals surface area contributed by atoms with Crippen LogP contribution in [0.1, 0.15) is 10.4 Å². The molecule has 6 heteroatoms. The van der Waals surface area contributed by atoms with Gasteiger partial charge in [0.1, 0.15) is 0 Å². The number of carbonyl (C=O) groups excluding carboxylic acids is 2. The number of rotatable bonds is 4. The number of nitrogens with one attached hydrogen (secondary N) is 1. The summed E-state index contributed by atoms with van der Waals surface area (Å²) in [5.74, 6) is -0.234. The van der Waals surface area contributed by atoms with Gasteiger partial charge < -0.3 is 20.7 Å². The SMILES string of the molecule is CNC(=O)CN(C)C(=O)c1cccc(N)c1OC. The second kappa shape index (κ2) is 5.90. The normalized spacial score (nSPS) is 9.72. The van der Waals surface area contributed by atoms with Crippen molar-refractivity contribution in [3.8, 4) is 5.75 Å². The van der Waals surface area contributed by atoms with Gasteiger partial charge >= 0.3 is 0 Å². The number of para-hydroxylation sites is 1. The third-order valence-corrected chi connectivity index (χ3v) is 2.49. The first-order chi connectivity index (χ1) is 8.51. The van der Waals surface area contributed by atoms with E-state index in [2.05, 4.69) is 5.32 Å². The first-order valence-corrected chi connectivity index (χ1v) is 5.39. The second-order valence-electron chi connectivity index (χ2n) is 3.76. The molecular weight excluding hydrogens is 234 g/mol. The van der Waals surface area contributed by atoms with Crippen LogP contribution in [-0.4, -0.2) is 44.5 Å². The van der Waals surface area contributed by atoms with Gasteiger partial charge in [-0.1, -0.05) is 6.07 Å². The molecule has 0 atom stereocenters. The van der Waals surface area contributed by atoms with Gasteiger partial charge in [0.25, 0.3) is 5.91 Å². The Morgan fingerprint density at radius 1 is 1.44 bits per heavy atom. The van der Waals surface area contributed by atoms with E-state index in [0.29, 0.717) is 17.0 Å². The monoisotopic (exact) mass is 251 g/mol. The molecule has 98 valence electrons. The van der Waals surface area contributed by atoms with Crippen molar-refractivity contribution in [1.29, 1.82) is 0 Å². The molecule has 0 aliphatic carbocycles. The van der Waals surface area contributed by atoms with E-state index in [1.165, 1.54) is 19.1 Å². The zero-order chi connectivity index (χ0) is 13.7. The van der Waals surface area contributed by atoms with Gasteiger partial charge in [-0.05, 0) is 12.1 Å². The molecule has 2 amide bonds. The molecule has 6 nitrogen and oxygen atoms in total. The van der Waals surface area contributed by atoms with Crippen LogP contribution in [0.15, 0.2) is 18.2 Å². The summed E-state index contributed by atoms with van der Waals surface area (Å²) in [6.45, 7) is -0.0205. The maximum Gasteiger partial charge on any atom is 0.257 e. The third kappa shape index (κ3) is 2.91. The minimum absolute atomic E-state index is 0.0205. The fourth-order valence-electron chi connectivity index (χ4n) is 1.52. The van der Waals surface area contributed by atoms with Gasteiger partial charge in [0.2, 0.25) is 5.91 Å². The van der Waals surface area contributed by atoms with Crippen molar-refractivity contribution in [1.82, 2.24) is 10.2 Å². The number of benzene rings is 1. The number of hydrogen-bond donors (Lipinski definition) is 2. The lowest BCUT2D eigenvalue weighted by molar-refractivity contribution is -0.121. The Balaban J connectivity index is 2.96. The van der Waals surface area contributed by atoms with E-state index < -0.39 is 0 Å². The molecule has 0 radical (unpaired) electrons. The van der Waals surface area contributed by atoms with Crippen LogP contribution < -0.4 is 15.8 Å². The van der Waals surface area contributed by atoms with Gasteiger partial charge in [-0.25, -0.2) is 0 Å². The molecular formula is C12H17N3O3. The molecule has 1 aromatic carbocycles. The Morgan fingerprint density at radius 3 is 2.67 bits per heavy atom. The molecule has 0 heterocycles. The fraction of sp³-hybridized carbons (Fsp3) is 0.333. The van der Waals surface area contributed by atoms with E-state index in [-0.39, 0.29) is 18.4 Å². The second-order valence-corrected chi connectivity index (χ2v) is 3.76. The van der Waals surface area contributed by atoms with Crippen molar-refractivity contribution in [2.45, 2.75) is 0 Å². The highest BCUT2D eigenvalue weighted by atomic mass is 16.5. The molecule has 0 fully saturated rings. The largest absolute Gasteiger partial charge is 0.494 e. The van der Waals surface area contributed by atoms with Crippen LogP contribution >= 0.6 is 0 Å². The predicted molar refractivity (Wildman–Crippen MR) is 68.4 cm³/mol. The zero-order valence-electron chi connectivity index (χ0n) is 10.7. The molecule has 1 rings (SSSR count). The van der Waals surface area contributed by atoms with Crippen LogP contribution in [0.2, 0.25) is 0 Å². The molecule has 0 aliphatic heterocycles. The topological polar surface area (TPSA) is 84.7 Å². The fourth-order valence-corrected chi connectivity index (χ4v) is 1.52. The van der Waals surface area contributed by atoms with Crippen LogP contribution in [0.4, 0.5) is 5.69 Å². The van der Waals surface area contributed by atoms with Gasteiger partial charge in [-0.3, -0.25) is 9.59 Å². The summed E-state index contributed by atoms with van der Waals surface area (Å²) in [6, 6.07) is 4.92. The number of nitrogens with two attached hydrogens (primary N) is 1. The summed E-state index contributed by atoms with van der Waals surface area (Å²) >= 11 is 0. The zero-order valence-corrected chi connectivity index (χ0v) is 10.7. The molecule has 3 N–H and O–H groups in total. The van der Waals surface area contributed by atoms with Crippen LogP contribution in [-0.2, 0) is 4.79 Å². The molecule has 0 spiro atoms. The number of carbonyl (C=O) groups is 2. The number of ether oxygens (including phenoxy) is 1. The Kier molecular flexibility index (Phi) is 4.53. The summed E-state index contributed by atoms with van der Waals surface area (Å²) in [6.07, 6.45) is 0. The third-order valence-electron chi connectivity index (χ3n) is 2.49. The number of amides is 2. The van der Waals surface area contributed by atoms with Crippen molar-refractivity contribution < 1.29 is 14.3 Å². The molecule has 0 bridgehead atoms. The molecule has 18 heavy (non-hydrogen) atoms. The first-order valence-electron chi connectivity index (χ1n) is 5.39. The van der Waals surface area contributed by atoms with E-state index in [9.17, 15) is 9.59 Å². The van der Waals surface area contributed by atoms with E-state index in [4.69, 9.17) is 10.5 Å². The predicted octanol–water partition coefficient (Wildman–Crippen LogP) is 0.0954.